The minimum atomic E-state index is -3.28. The van der Waals surface area contributed by atoms with Crippen LogP contribution in [0.5, 0.6) is 0 Å². The average molecular weight is 353 g/mol. The predicted molar refractivity (Wildman–Crippen MR) is 92.9 cm³/mol. The van der Waals surface area contributed by atoms with E-state index in [9.17, 15) is 13.2 Å². The summed E-state index contributed by atoms with van der Waals surface area (Å²) in [7, 11) is -3.28. The summed E-state index contributed by atoms with van der Waals surface area (Å²) >= 11 is 6.01. The number of amides is 1. The Hall–Kier alpha value is -2.05. The minimum Gasteiger partial charge on any atom is -0.376 e. The van der Waals surface area contributed by atoms with Gasteiger partial charge in [-0.05, 0) is 42.8 Å². The molecule has 0 bridgehead atoms. The van der Waals surface area contributed by atoms with Gasteiger partial charge < -0.3 is 10.6 Å². The average Bonchev–Trinajstić information content (AvgIpc) is 2.49. The van der Waals surface area contributed by atoms with Crippen molar-refractivity contribution in [2.75, 3.05) is 23.4 Å². The van der Waals surface area contributed by atoms with Gasteiger partial charge >= 0.3 is 0 Å². The van der Waals surface area contributed by atoms with E-state index in [-0.39, 0.29) is 17.3 Å². The highest BCUT2D eigenvalue weighted by atomic mass is 35.5. The van der Waals surface area contributed by atoms with Gasteiger partial charge in [-0.1, -0.05) is 23.7 Å². The Morgan fingerprint density at radius 1 is 1.17 bits per heavy atom. The third kappa shape index (κ3) is 4.71. The van der Waals surface area contributed by atoms with Crippen molar-refractivity contribution in [1.29, 1.82) is 0 Å². The minimum absolute atomic E-state index is 0.0131. The van der Waals surface area contributed by atoms with Crippen LogP contribution in [0.2, 0.25) is 5.02 Å². The van der Waals surface area contributed by atoms with E-state index in [1.165, 1.54) is 12.1 Å². The molecule has 0 heterocycles. The van der Waals surface area contributed by atoms with Gasteiger partial charge in [0.15, 0.2) is 9.84 Å². The fourth-order valence-electron chi connectivity index (χ4n) is 1.96. The molecule has 0 radical (unpaired) electrons. The number of halogens is 1. The first kappa shape index (κ1) is 17.3. The molecule has 2 aromatic carbocycles. The Kier molecular flexibility index (Phi) is 5.28. The van der Waals surface area contributed by atoms with Crippen molar-refractivity contribution in [3.8, 4) is 0 Å². The molecule has 122 valence electrons. The van der Waals surface area contributed by atoms with Crippen molar-refractivity contribution >= 4 is 38.7 Å². The molecule has 0 saturated carbocycles. The second-order valence-corrected chi connectivity index (χ2v) is 7.54. The molecule has 0 aromatic heterocycles. The third-order valence-corrected chi connectivity index (χ3v) is 4.78. The normalized spacial score (nSPS) is 11.1. The Balaban J connectivity index is 2.01. The highest BCUT2D eigenvalue weighted by Crippen LogP contribution is 2.22. The lowest BCUT2D eigenvalue weighted by Gasteiger charge is -2.11. The molecule has 23 heavy (non-hydrogen) atoms. The molecule has 0 atom stereocenters. The van der Waals surface area contributed by atoms with E-state index in [0.29, 0.717) is 16.4 Å². The molecule has 0 unspecified atom stereocenters. The number of benzene rings is 2. The second-order valence-electron chi connectivity index (χ2n) is 5.11. The smallest absolute Gasteiger partial charge is 0.243 e. The lowest BCUT2D eigenvalue weighted by molar-refractivity contribution is -0.114. The molecule has 2 aromatic rings. The monoisotopic (exact) mass is 352 g/mol. The van der Waals surface area contributed by atoms with Gasteiger partial charge in [0.2, 0.25) is 5.91 Å². The largest absolute Gasteiger partial charge is 0.376 e. The summed E-state index contributed by atoms with van der Waals surface area (Å²) in [5.74, 6) is -0.250. The van der Waals surface area contributed by atoms with Crippen LogP contribution in [-0.2, 0) is 14.6 Å². The maximum Gasteiger partial charge on any atom is 0.243 e. The fraction of sp³-hybridized carbons (Fsp3) is 0.188. The number of hydrogen-bond acceptors (Lipinski definition) is 4. The van der Waals surface area contributed by atoms with Crippen LogP contribution < -0.4 is 10.6 Å². The number of carbonyl (C=O) groups excluding carboxylic acids is 1. The first-order chi connectivity index (χ1) is 10.8. The van der Waals surface area contributed by atoms with E-state index in [1.54, 1.807) is 30.3 Å². The zero-order chi connectivity index (χ0) is 17.0. The van der Waals surface area contributed by atoms with Gasteiger partial charge in [-0.3, -0.25) is 4.79 Å². The summed E-state index contributed by atoms with van der Waals surface area (Å²) in [6, 6.07) is 11.6. The summed E-state index contributed by atoms with van der Waals surface area (Å²) in [4.78, 5) is 12.2. The zero-order valence-corrected chi connectivity index (χ0v) is 14.3. The van der Waals surface area contributed by atoms with Crippen LogP contribution in [0.4, 0.5) is 11.4 Å². The zero-order valence-electron chi connectivity index (χ0n) is 12.8. The molecule has 0 saturated heterocycles. The van der Waals surface area contributed by atoms with Crippen molar-refractivity contribution in [3.63, 3.8) is 0 Å². The summed E-state index contributed by atoms with van der Waals surface area (Å²) in [6.45, 7) is 1.83. The van der Waals surface area contributed by atoms with Crippen LogP contribution in [0.25, 0.3) is 0 Å². The van der Waals surface area contributed by atoms with Crippen LogP contribution in [0, 0.1) is 6.92 Å². The van der Waals surface area contributed by atoms with Gasteiger partial charge in [0.05, 0.1) is 11.4 Å². The Morgan fingerprint density at radius 3 is 2.57 bits per heavy atom. The Bertz CT molecular complexity index is 835. The summed E-state index contributed by atoms with van der Waals surface area (Å²) in [6.07, 6.45) is 1.14. The van der Waals surface area contributed by atoms with E-state index in [0.717, 1.165) is 11.8 Å². The van der Waals surface area contributed by atoms with E-state index in [4.69, 9.17) is 11.6 Å². The highest BCUT2D eigenvalue weighted by Gasteiger charge is 2.09. The lowest BCUT2D eigenvalue weighted by atomic mass is 10.2. The Morgan fingerprint density at radius 2 is 1.87 bits per heavy atom. The number of nitrogens with one attached hydrogen (secondary N) is 2. The molecule has 0 spiro atoms. The van der Waals surface area contributed by atoms with Gasteiger partial charge in [0.1, 0.15) is 0 Å². The first-order valence-electron chi connectivity index (χ1n) is 6.86. The van der Waals surface area contributed by atoms with Crippen molar-refractivity contribution in [2.24, 2.45) is 0 Å². The summed E-state index contributed by atoms with van der Waals surface area (Å²) in [5.41, 5.74) is 2.00. The van der Waals surface area contributed by atoms with E-state index in [2.05, 4.69) is 10.6 Å². The molecule has 1 amide bonds. The first-order valence-corrected chi connectivity index (χ1v) is 9.13. The number of sulfone groups is 1. The Labute approximate surface area is 140 Å². The molecular formula is C16H17ClN2O3S. The molecular weight excluding hydrogens is 336 g/mol. The maximum atomic E-state index is 12.0. The molecule has 5 nitrogen and oxygen atoms in total. The van der Waals surface area contributed by atoms with Gasteiger partial charge in [0, 0.05) is 22.7 Å². The van der Waals surface area contributed by atoms with Crippen LogP contribution >= 0.6 is 11.6 Å². The SMILES string of the molecule is Cc1c(Cl)cccc1NC(=O)CNc1cccc(S(C)(=O)=O)c1. The van der Waals surface area contributed by atoms with Crippen LogP contribution in [0.3, 0.4) is 0 Å². The number of carbonyl (C=O) groups is 1. The second kappa shape index (κ2) is 7.02. The molecule has 0 fully saturated rings. The van der Waals surface area contributed by atoms with Gasteiger partial charge in [-0.15, -0.1) is 0 Å². The van der Waals surface area contributed by atoms with Crippen molar-refractivity contribution in [2.45, 2.75) is 11.8 Å². The summed E-state index contributed by atoms with van der Waals surface area (Å²) in [5, 5.41) is 6.24. The van der Waals surface area contributed by atoms with Gasteiger partial charge in [0.25, 0.3) is 0 Å². The summed E-state index contributed by atoms with van der Waals surface area (Å²) < 4.78 is 23.0. The molecule has 7 heteroatoms. The molecule has 2 rings (SSSR count). The quantitative estimate of drug-likeness (QED) is 0.867. The molecule has 0 aliphatic rings. The van der Waals surface area contributed by atoms with Crippen LogP contribution in [0.15, 0.2) is 47.4 Å². The van der Waals surface area contributed by atoms with Crippen LogP contribution in [0.1, 0.15) is 5.56 Å². The number of hydrogen-bond donors (Lipinski definition) is 2. The van der Waals surface area contributed by atoms with Gasteiger partial charge in [-0.25, -0.2) is 8.42 Å². The van der Waals surface area contributed by atoms with Crippen LogP contribution in [-0.4, -0.2) is 27.1 Å². The van der Waals surface area contributed by atoms with Crippen molar-refractivity contribution < 1.29 is 13.2 Å². The predicted octanol–water partition coefficient (Wildman–Crippen LogP) is 3.10. The fourth-order valence-corrected chi connectivity index (χ4v) is 2.80. The van der Waals surface area contributed by atoms with Crippen molar-refractivity contribution in [3.05, 3.63) is 53.1 Å². The molecule has 0 aliphatic heterocycles. The number of anilines is 2. The van der Waals surface area contributed by atoms with E-state index >= 15 is 0 Å². The molecule has 2 N–H and O–H groups in total. The van der Waals surface area contributed by atoms with Gasteiger partial charge in [-0.2, -0.15) is 0 Å². The number of rotatable bonds is 5. The maximum absolute atomic E-state index is 12.0. The topological polar surface area (TPSA) is 75.3 Å². The highest BCUT2D eigenvalue weighted by molar-refractivity contribution is 7.90. The van der Waals surface area contributed by atoms with Crippen molar-refractivity contribution in [1.82, 2.24) is 0 Å². The third-order valence-electron chi connectivity index (χ3n) is 3.26. The standard InChI is InChI=1S/C16H17ClN2O3S/c1-11-14(17)7-4-8-15(11)19-16(20)10-18-12-5-3-6-13(9-12)23(2,21)22/h3-9,18H,10H2,1-2H3,(H,19,20). The molecule has 0 aliphatic carbocycles. The lowest BCUT2D eigenvalue weighted by Crippen LogP contribution is -2.22. The van der Waals surface area contributed by atoms with E-state index < -0.39 is 9.84 Å². The van der Waals surface area contributed by atoms with E-state index in [1.807, 2.05) is 6.92 Å².